The molecule has 0 saturated carbocycles. The fourth-order valence-electron chi connectivity index (χ4n) is 2.96. The van der Waals surface area contributed by atoms with Crippen molar-refractivity contribution in [1.82, 2.24) is 4.90 Å². The number of nitrogens with one attached hydrogen (secondary N) is 1. The number of amides is 2. The monoisotopic (exact) mass is 358 g/mol. The summed E-state index contributed by atoms with van der Waals surface area (Å²) in [5.41, 5.74) is 3.28. The van der Waals surface area contributed by atoms with Gasteiger partial charge in [-0.1, -0.05) is 45.8 Å². The summed E-state index contributed by atoms with van der Waals surface area (Å²) < 4.78 is 1.00. The molecule has 0 bridgehead atoms. The first kappa shape index (κ1) is 15.1. The minimum absolute atomic E-state index is 0.0219. The predicted octanol–water partition coefficient (Wildman–Crippen LogP) is 5.13. The smallest absolute Gasteiger partial charge is 0.317 e. The van der Waals surface area contributed by atoms with Crippen LogP contribution in [0.15, 0.2) is 53.0 Å². The third kappa shape index (κ3) is 3.33. The van der Waals surface area contributed by atoms with Gasteiger partial charge in [-0.15, -0.1) is 0 Å². The summed E-state index contributed by atoms with van der Waals surface area (Å²) in [5.74, 6) is 0. The molecular formula is C18H19BrN2O. The average molecular weight is 359 g/mol. The predicted molar refractivity (Wildman–Crippen MR) is 93.0 cm³/mol. The zero-order valence-corrected chi connectivity index (χ0v) is 14.1. The van der Waals surface area contributed by atoms with Crippen LogP contribution in [-0.2, 0) is 0 Å². The second-order valence-corrected chi connectivity index (χ2v) is 6.62. The van der Waals surface area contributed by atoms with E-state index in [0.717, 1.165) is 29.5 Å². The van der Waals surface area contributed by atoms with E-state index in [1.807, 2.05) is 29.2 Å². The maximum atomic E-state index is 12.6. The van der Waals surface area contributed by atoms with Crippen LogP contribution in [0.4, 0.5) is 10.5 Å². The molecule has 4 heteroatoms. The number of urea groups is 1. The molecule has 3 rings (SSSR count). The van der Waals surface area contributed by atoms with Crippen LogP contribution in [0, 0.1) is 6.92 Å². The highest BCUT2D eigenvalue weighted by Crippen LogP contribution is 2.32. The van der Waals surface area contributed by atoms with E-state index < -0.39 is 0 Å². The zero-order valence-electron chi connectivity index (χ0n) is 12.6. The molecule has 2 aromatic rings. The van der Waals surface area contributed by atoms with Crippen molar-refractivity contribution < 1.29 is 4.79 Å². The third-order valence-corrected chi connectivity index (χ3v) is 4.56. The Kier molecular flexibility index (Phi) is 4.48. The van der Waals surface area contributed by atoms with Crippen molar-refractivity contribution in [3.05, 3.63) is 64.1 Å². The van der Waals surface area contributed by atoms with Crippen molar-refractivity contribution in [2.24, 2.45) is 0 Å². The van der Waals surface area contributed by atoms with Crippen molar-refractivity contribution in [3.63, 3.8) is 0 Å². The van der Waals surface area contributed by atoms with Crippen molar-refractivity contribution in [2.75, 3.05) is 11.9 Å². The Hall–Kier alpha value is -1.81. The number of halogens is 1. The van der Waals surface area contributed by atoms with Crippen LogP contribution in [0.5, 0.6) is 0 Å². The van der Waals surface area contributed by atoms with Crippen LogP contribution in [0.3, 0.4) is 0 Å². The molecule has 1 fully saturated rings. The summed E-state index contributed by atoms with van der Waals surface area (Å²) in [7, 11) is 0. The highest BCUT2D eigenvalue weighted by atomic mass is 79.9. The van der Waals surface area contributed by atoms with E-state index in [-0.39, 0.29) is 12.1 Å². The molecule has 0 spiro atoms. The van der Waals surface area contributed by atoms with Gasteiger partial charge in [-0.05, 0) is 49.6 Å². The second kappa shape index (κ2) is 6.53. The van der Waals surface area contributed by atoms with Crippen LogP contribution in [0.25, 0.3) is 0 Å². The van der Waals surface area contributed by atoms with E-state index in [0.29, 0.717) is 0 Å². The minimum Gasteiger partial charge on any atom is -0.317 e. The first-order valence-corrected chi connectivity index (χ1v) is 8.32. The van der Waals surface area contributed by atoms with Gasteiger partial charge in [0.25, 0.3) is 0 Å². The van der Waals surface area contributed by atoms with Gasteiger partial charge in [-0.25, -0.2) is 4.79 Å². The number of aryl methyl sites for hydroxylation is 1. The molecular weight excluding hydrogens is 340 g/mol. The summed E-state index contributed by atoms with van der Waals surface area (Å²) in [6, 6.07) is 16.3. The van der Waals surface area contributed by atoms with Crippen LogP contribution in [0.1, 0.15) is 30.0 Å². The molecule has 2 amide bonds. The van der Waals surface area contributed by atoms with Gasteiger partial charge in [0, 0.05) is 16.7 Å². The molecule has 114 valence electrons. The lowest BCUT2D eigenvalue weighted by Gasteiger charge is -2.25. The van der Waals surface area contributed by atoms with Crippen LogP contribution in [-0.4, -0.2) is 17.5 Å². The molecule has 0 aliphatic carbocycles. The van der Waals surface area contributed by atoms with Gasteiger partial charge >= 0.3 is 6.03 Å². The first-order valence-electron chi connectivity index (χ1n) is 7.53. The number of carbonyl (C=O) groups excluding carboxylic acids is 1. The fourth-order valence-corrected chi connectivity index (χ4v) is 3.23. The zero-order chi connectivity index (χ0) is 15.5. The number of carbonyl (C=O) groups is 1. The summed E-state index contributed by atoms with van der Waals surface area (Å²) in [6.45, 7) is 2.89. The SMILES string of the molecule is Cc1cccc([C@@H]2CCCN2C(=O)Nc2ccc(Br)cc2)c1. The van der Waals surface area contributed by atoms with Gasteiger partial charge in [0.05, 0.1) is 6.04 Å². The minimum atomic E-state index is -0.0219. The van der Waals surface area contributed by atoms with Crippen molar-refractivity contribution >= 4 is 27.6 Å². The number of nitrogens with zero attached hydrogens (tertiary/aromatic N) is 1. The number of benzene rings is 2. The Balaban J connectivity index is 1.75. The van der Waals surface area contributed by atoms with E-state index >= 15 is 0 Å². The standard InChI is InChI=1S/C18H19BrN2O/c1-13-4-2-5-14(12-13)17-6-3-11-21(17)18(22)20-16-9-7-15(19)8-10-16/h2,4-5,7-10,12,17H,3,6,11H2,1H3,(H,20,22)/t17-/m0/s1. The molecule has 22 heavy (non-hydrogen) atoms. The van der Waals surface area contributed by atoms with Gasteiger partial charge in [0.1, 0.15) is 0 Å². The molecule has 0 radical (unpaired) electrons. The van der Waals surface area contributed by atoms with Gasteiger partial charge in [-0.2, -0.15) is 0 Å². The molecule has 1 N–H and O–H groups in total. The van der Waals surface area contributed by atoms with Crippen molar-refractivity contribution in [1.29, 1.82) is 0 Å². The summed E-state index contributed by atoms with van der Waals surface area (Å²) in [5, 5.41) is 2.99. The maximum absolute atomic E-state index is 12.6. The quantitative estimate of drug-likeness (QED) is 0.792. The molecule has 2 aromatic carbocycles. The normalized spacial score (nSPS) is 17.5. The Morgan fingerprint density at radius 2 is 2.00 bits per heavy atom. The lowest BCUT2D eigenvalue weighted by molar-refractivity contribution is 0.207. The van der Waals surface area contributed by atoms with Crippen molar-refractivity contribution in [2.45, 2.75) is 25.8 Å². The maximum Gasteiger partial charge on any atom is 0.322 e. The molecule has 1 aliphatic rings. The van der Waals surface area contributed by atoms with Crippen LogP contribution < -0.4 is 5.32 Å². The first-order chi connectivity index (χ1) is 10.6. The fraction of sp³-hybridized carbons (Fsp3) is 0.278. The van der Waals surface area contributed by atoms with Crippen LogP contribution in [0.2, 0.25) is 0 Å². The van der Waals surface area contributed by atoms with Gasteiger partial charge in [0.2, 0.25) is 0 Å². The molecule has 0 aromatic heterocycles. The number of likely N-dealkylation sites (tertiary alicyclic amines) is 1. The third-order valence-electron chi connectivity index (χ3n) is 4.04. The Morgan fingerprint density at radius 1 is 1.23 bits per heavy atom. The Bertz CT molecular complexity index is 669. The highest BCUT2D eigenvalue weighted by molar-refractivity contribution is 9.10. The largest absolute Gasteiger partial charge is 0.322 e. The number of anilines is 1. The average Bonchev–Trinajstić information content (AvgIpc) is 2.99. The number of rotatable bonds is 2. The molecule has 1 aliphatic heterocycles. The number of hydrogen-bond acceptors (Lipinski definition) is 1. The summed E-state index contributed by atoms with van der Waals surface area (Å²) in [4.78, 5) is 14.5. The highest BCUT2D eigenvalue weighted by Gasteiger charge is 2.29. The molecule has 1 atom stereocenters. The van der Waals surface area contributed by atoms with Gasteiger partial charge < -0.3 is 10.2 Å². The van der Waals surface area contributed by atoms with E-state index in [4.69, 9.17) is 0 Å². The molecule has 3 nitrogen and oxygen atoms in total. The lowest BCUT2D eigenvalue weighted by Crippen LogP contribution is -2.34. The van der Waals surface area contributed by atoms with E-state index in [1.165, 1.54) is 11.1 Å². The lowest BCUT2D eigenvalue weighted by atomic mass is 10.0. The van der Waals surface area contributed by atoms with Gasteiger partial charge in [0.15, 0.2) is 0 Å². The van der Waals surface area contributed by atoms with E-state index in [2.05, 4.69) is 52.4 Å². The van der Waals surface area contributed by atoms with Crippen molar-refractivity contribution in [3.8, 4) is 0 Å². The summed E-state index contributed by atoms with van der Waals surface area (Å²) >= 11 is 3.40. The topological polar surface area (TPSA) is 32.3 Å². The molecule has 1 saturated heterocycles. The van der Waals surface area contributed by atoms with Crippen LogP contribution >= 0.6 is 15.9 Å². The van der Waals surface area contributed by atoms with E-state index in [1.54, 1.807) is 0 Å². The summed E-state index contributed by atoms with van der Waals surface area (Å²) in [6.07, 6.45) is 2.07. The molecule has 1 heterocycles. The Labute approximate surface area is 139 Å². The van der Waals surface area contributed by atoms with E-state index in [9.17, 15) is 4.79 Å². The second-order valence-electron chi connectivity index (χ2n) is 5.70. The molecule has 0 unspecified atom stereocenters. The Morgan fingerprint density at radius 3 is 2.73 bits per heavy atom. The number of hydrogen-bond donors (Lipinski definition) is 1. The van der Waals surface area contributed by atoms with Gasteiger partial charge in [-0.3, -0.25) is 0 Å².